The van der Waals surface area contributed by atoms with Crippen LogP contribution < -0.4 is 5.73 Å². The Kier molecular flexibility index (Phi) is 4.54. The Labute approximate surface area is 102 Å². The molecule has 96 valence electrons. The Morgan fingerprint density at radius 3 is 2.59 bits per heavy atom. The number of ether oxygens (including phenoxy) is 1. The number of esters is 1. The van der Waals surface area contributed by atoms with E-state index in [-0.39, 0.29) is 5.97 Å². The molecule has 0 bridgehead atoms. The predicted octanol–water partition coefficient (Wildman–Crippen LogP) is 1.86. The quantitative estimate of drug-likeness (QED) is 0.796. The molecule has 0 amide bonds. The molecule has 0 spiro atoms. The molecule has 0 aliphatic carbocycles. The van der Waals surface area contributed by atoms with Gasteiger partial charge in [0.05, 0.1) is 6.61 Å². The van der Waals surface area contributed by atoms with Crippen molar-refractivity contribution in [2.45, 2.75) is 40.7 Å². The molecule has 5 heteroatoms. The summed E-state index contributed by atoms with van der Waals surface area (Å²) >= 11 is 0. The lowest BCUT2D eigenvalue weighted by molar-refractivity contribution is 0.0517. The number of hydrogen-bond donors (Lipinski definition) is 1. The van der Waals surface area contributed by atoms with Gasteiger partial charge in [-0.05, 0) is 26.2 Å². The number of carbonyl (C=O) groups excluding carboxylic acids is 1. The maximum absolute atomic E-state index is 11.8. The van der Waals surface area contributed by atoms with Gasteiger partial charge in [-0.15, -0.1) is 0 Å². The van der Waals surface area contributed by atoms with Crippen molar-refractivity contribution in [1.82, 2.24) is 9.78 Å². The fourth-order valence-corrected chi connectivity index (χ4v) is 1.73. The first-order valence-electron chi connectivity index (χ1n) is 6.03. The highest BCUT2D eigenvalue weighted by Gasteiger charge is 2.22. The van der Waals surface area contributed by atoms with E-state index in [0.29, 0.717) is 30.6 Å². The Morgan fingerprint density at radius 2 is 2.12 bits per heavy atom. The minimum atomic E-state index is -0.387. The number of hydrogen-bond acceptors (Lipinski definition) is 4. The van der Waals surface area contributed by atoms with Crippen molar-refractivity contribution in [3.05, 3.63) is 11.3 Å². The minimum Gasteiger partial charge on any atom is -0.461 e. The van der Waals surface area contributed by atoms with Gasteiger partial charge in [-0.2, -0.15) is 5.10 Å². The van der Waals surface area contributed by atoms with Crippen molar-refractivity contribution < 1.29 is 9.53 Å². The largest absolute Gasteiger partial charge is 0.461 e. The molecule has 0 atom stereocenters. The van der Waals surface area contributed by atoms with Crippen LogP contribution in [-0.4, -0.2) is 22.4 Å². The summed E-state index contributed by atoms with van der Waals surface area (Å²) in [5, 5.41) is 4.22. The van der Waals surface area contributed by atoms with Crippen LogP contribution in [0.2, 0.25) is 0 Å². The summed E-state index contributed by atoms with van der Waals surface area (Å²) in [5.41, 5.74) is 7.16. The molecule has 0 aliphatic heterocycles. The summed E-state index contributed by atoms with van der Waals surface area (Å²) in [7, 11) is 0. The number of aromatic nitrogens is 2. The van der Waals surface area contributed by atoms with Gasteiger partial charge in [0, 0.05) is 12.1 Å². The first kappa shape index (κ1) is 13.5. The molecule has 0 unspecified atom stereocenters. The Hall–Kier alpha value is -1.52. The SMILES string of the molecule is CCOC(=O)c1nn(CC)c(N)c1CC(C)C. The molecular formula is C12H21N3O2. The van der Waals surface area contributed by atoms with Gasteiger partial charge >= 0.3 is 5.97 Å². The second-order valence-electron chi connectivity index (χ2n) is 4.35. The van der Waals surface area contributed by atoms with Gasteiger partial charge in [0.15, 0.2) is 5.69 Å². The average molecular weight is 239 g/mol. The van der Waals surface area contributed by atoms with Crippen LogP contribution in [0.5, 0.6) is 0 Å². The second kappa shape index (κ2) is 5.70. The third kappa shape index (κ3) is 2.99. The number of carbonyl (C=O) groups is 1. The number of nitrogens with zero attached hydrogens (tertiary/aromatic N) is 2. The van der Waals surface area contributed by atoms with Crippen LogP contribution in [-0.2, 0) is 17.7 Å². The maximum atomic E-state index is 11.8. The molecule has 0 aliphatic rings. The van der Waals surface area contributed by atoms with Crippen LogP contribution in [0.1, 0.15) is 43.7 Å². The number of nitrogen functional groups attached to an aromatic ring is 1. The van der Waals surface area contributed by atoms with E-state index in [2.05, 4.69) is 18.9 Å². The third-order valence-electron chi connectivity index (χ3n) is 2.47. The van der Waals surface area contributed by atoms with Crippen molar-refractivity contribution in [3.63, 3.8) is 0 Å². The number of rotatable bonds is 5. The zero-order chi connectivity index (χ0) is 13.0. The van der Waals surface area contributed by atoms with Gasteiger partial charge < -0.3 is 10.5 Å². The van der Waals surface area contributed by atoms with Crippen LogP contribution >= 0.6 is 0 Å². The first-order chi connectivity index (χ1) is 8.01. The van der Waals surface area contributed by atoms with Gasteiger partial charge in [0.25, 0.3) is 0 Å². The van der Waals surface area contributed by atoms with E-state index >= 15 is 0 Å². The predicted molar refractivity (Wildman–Crippen MR) is 66.8 cm³/mol. The summed E-state index contributed by atoms with van der Waals surface area (Å²) in [6.45, 7) is 8.88. The van der Waals surface area contributed by atoms with Gasteiger partial charge in [-0.1, -0.05) is 13.8 Å². The Morgan fingerprint density at radius 1 is 1.47 bits per heavy atom. The van der Waals surface area contributed by atoms with Crippen molar-refractivity contribution in [2.24, 2.45) is 5.92 Å². The third-order valence-corrected chi connectivity index (χ3v) is 2.47. The minimum absolute atomic E-state index is 0.346. The van der Waals surface area contributed by atoms with Crippen LogP contribution in [0.15, 0.2) is 0 Å². The van der Waals surface area contributed by atoms with Crippen molar-refractivity contribution >= 4 is 11.8 Å². The van der Waals surface area contributed by atoms with Crippen LogP contribution in [0.25, 0.3) is 0 Å². The van der Waals surface area contributed by atoms with E-state index in [1.54, 1.807) is 11.6 Å². The van der Waals surface area contributed by atoms with Crippen LogP contribution in [0, 0.1) is 5.92 Å². The fourth-order valence-electron chi connectivity index (χ4n) is 1.73. The molecule has 1 heterocycles. The summed E-state index contributed by atoms with van der Waals surface area (Å²) < 4.78 is 6.64. The van der Waals surface area contributed by atoms with Gasteiger partial charge in [0.1, 0.15) is 5.82 Å². The molecule has 1 rings (SSSR count). The molecule has 0 aromatic carbocycles. The molecule has 0 fully saturated rings. The molecule has 17 heavy (non-hydrogen) atoms. The molecule has 0 radical (unpaired) electrons. The van der Waals surface area contributed by atoms with E-state index < -0.39 is 0 Å². The standard InChI is InChI=1S/C12H21N3O2/c1-5-15-11(13)9(7-8(3)4)10(14-15)12(16)17-6-2/h8H,5-7,13H2,1-4H3. The Balaban J connectivity index is 3.13. The topological polar surface area (TPSA) is 70.1 Å². The van der Waals surface area contributed by atoms with E-state index in [4.69, 9.17) is 10.5 Å². The molecule has 0 saturated carbocycles. The van der Waals surface area contributed by atoms with Crippen molar-refractivity contribution in [1.29, 1.82) is 0 Å². The first-order valence-corrected chi connectivity index (χ1v) is 6.03. The molecule has 0 saturated heterocycles. The van der Waals surface area contributed by atoms with Crippen molar-refractivity contribution in [3.8, 4) is 0 Å². The second-order valence-corrected chi connectivity index (χ2v) is 4.35. The highest BCUT2D eigenvalue weighted by molar-refractivity contribution is 5.90. The highest BCUT2D eigenvalue weighted by atomic mass is 16.5. The normalized spacial score (nSPS) is 10.9. The smallest absolute Gasteiger partial charge is 0.359 e. The average Bonchev–Trinajstić information content (AvgIpc) is 2.56. The lowest BCUT2D eigenvalue weighted by Gasteiger charge is -2.06. The summed E-state index contributed by atoms with van der Waals surface area (Å²) in [6, 6.07) is 0. The fraction of sp³-hybridized carbons (Fsp3) is 0.667. The monoisotopic (exact) mass is 239 g/mol. The molecule has 5 nitrogen and oxygen atoms in total. The number of anilines is 1. The highest BCUT2D eigenvalue weighted by Crippen LogP contribution is 2.21. The summed E-state index contributed by atoms with van der Waals surface area (Å²) in [6.07, 6.45) is 0.736. The zero-order valence-corrected chi connectivity index (χ0v) is 11.0. The van der Waals surface area contributed by atoms with E-state index in [1.807, 2.05) is 6.92 Å². The lowest BCUT2D eigenvalue weighted by atomic mass is 10.0. The van der Waals surface area contributed by atoms with Crippen molar-refractivity contribution in [2.75, 3.05) is 12.3 Å². The maximum Gasteiger partial charge on any atom is 0.359 e. The number of nitrogens with two attached hydrogens (primary N) is 1. The zero-order valence-electron chi connectivity index (χ0n) is 11.0. The molecule has 1 aromatic heterocycles. The number of aryl methyl sites for hydroxylation is 1. The van der Waals surface area contributed by atoms with Gasteiger partial charge in [-0.25, -0.2) is 9.48 Å². The lowest BCUT2D eigenvalue weighted by Crippen LogP contribution is -2.10. The van der Waals surface area contributed by atoms with E-state index in [0.717, 1.165) is 12.0 Å². The van der Waals surface area contributed by atoms with E-state index in [9.17, 15) is 4.79 Å². The summed E-state index contributed by atoms with van der Waals surface area (Å²) in [4.78, 5) is 11.8. The van der Waals surface area contributed by atoms with E-state index in [1.165, 1.54) is 0 Å². The molecule has 1 aromatic rings. The molecule has 2 N–H and O–H groups in total. The van der Waals surface area contributed by atoms with Gasteiger partial charge in [-0.3, -0.25) is 0 Å². The Bertz CT molecular complexity index is 397. The molecular weight excluding hydrogens is 218 g/mol. The van der Waals surface area contributed by atoms with Gasteiger partial charge in [0.2, 0.25) is 0 Å². The summed E-state index contributed by atoms with van der Waals surface area (Å²) in [5.74, 6) is 0.603. The van der Waals surface area contributed by atoms with Crippen LogP contribution in [0.4, 0.5) is 5.82 Å². The van der Waals surface area contributed by atoms with Crippen LogP contribution in [0.3, 0.4) is 0 Å².